The van der Waals surface area contributed by atoms with Crippen LogP contribution in [-0.4, -0.2) is 54.7 Å². The minimum absolute atomic E-state index is 0.585. The average Bonchev–Trinajstić information content (AvgIpc) is 3.00. The molecule has 5 nitrogen and oxygen atoms in total. The van der Waals surface area contributed by atoms with Gasteiger partial charge in [-0.1, -0.05) is 12.1 Å². The van der Waals surface area contributed by atoms with Crippen LogP contribution in [0.25, 0.3) is 0 Å². The lowest BCUT2D eigenvalue weighted by atomic mass is 9.94. The number of pyridine rings is 1. The van der Waals surface area contributed by atoms with E-state index in [-0.39, 0.29) is 0 Å². The Balaban J connectivity index is 1.44. The molecule has 5 heteroatoms. The van der Waals surface area contributed by atoms with Gasteiger partial charge < -0.3 is 9.47 Å². The van der Waals surface area contributed by atoms with Gasteiger partial charge in [0, 0.05) is 63.8 Å². The Morgan fingerprint density at radius 1 is 1.04 bits per heavy atom. The Kier molecular flexibility index (Phi) is 6.25. The van der Waals surface area contributed by atoms with E-state index in [1.165, 1.54) is 37.1 Å². The minimum Gasteiger partial charge on any atom is -0.496 e. The number of aromatic nitrogens is 1. The van der Waals surface area contributed by atoms with Gasteiger partial charge in [0.1, 0.15) is 5.75 Å². The second kappa shape index (κ2) is 9.03. The zero-order valence-corrected chi connectivity index (χ0v) is 17.0. The second-order valence-corrected chi connectivity index (χ2v) is 8.16. The molecule has 2 bridgehead atoms. The number of methoxy groups -OCH3 is 2. The summed E-state index contributed by atoms with van der Waals surface area (Å²) < 4.78 is 10.8. The summed E-state index contributed by atoms with van der Waals surface area (Å²) in [5.74, 6) is 1.66. The van der Waals surface area contributed by atoms with Crippen LogP contribution >= 0.6 is 0 Å². The zero-order valence-electron chi connectivity index (χ0n) is 17.0. The summed E-state index contributed by atoms with van der Waals surface area (Å²) in [6, 6.07) is 11.4. The Labute approximate surface area is 168 Å². The summed E-state index contributed by atoms with van der Waals surface area (Å²) in [5, 5.41) is 0. The first-order valence-electron chi connectivity index (χ1n) is 10.2. The molecule has 2 atom stereocenters. The Morgan fingerprint density at radius 2 is 1.96 bits per heavy atom. The van der Waals surface area contributed by atoms with E-state index in [4.69, 9.17) is 9.47 Å². The predicted octanol–water partition coefficient (Wildman–Crippen LogP) is 3.33. The summed E-state index contributed by atoms with van der Waals surface area (Å²) in [6.45, 7) is 6.13. The molecule has 0 N–H and O–H groups in total. The fourth-order valence-electron chi connectivity index (χ4n) is 4.78. The standard InChI is InChI=1S/C23H31N3O2/c1-27-17-21-10-18(6-8-23(21)28-2)14-26-15-20-5-7-22(26)16-25(13-20)12-19-4-3-9-24-11-19/h3-4,6,8-11,20,22H,5,7,12-17H2,1-2H3/t20-,22+/m0/s1. The summed E-state index contributed by atoms with van der Waals surface area (Å²) in [5.41, 5.74) is 3.79. The first-order valence-corrected chi connectivity index (χ1v) is 10.2. The van der Waals surface area contributed by atoms with E-state index < -0.39 is 0 Å². The Bertz CT molecular complexity index is 768. The first kappa shape index (κ1) is 19.4. The molecule has 3 fully saturated rings. The molecule has 0 unspecified atom stereocenters. The van der Waals surface area contributed by atoms with E-state index in [1.54, 1.807) is 14.2 Å². The number of hydrogen-bond donors (Lipinski definition) is 0. The molecule has 1 aromatic heterocycles. The van der Waals surface area contributed by atoms with E-state index in [2.05, 4.69) is 39.0 Å². The number of fused-ring (bicyclic) bond motifs is 4. The largest absolute Gasteiger partial charge is 0.496 e. The lowest BCUT2D eigenvalue weighted by molar-refractivity contribution is 0.123. The molecule has 3 aliphatic heterocycles. The van der Waals surface area contributed by atoms with Gasteiger partial charge in [0.05, 0.1) is 13.7 Å². The fourth-order valence-corrected chi connectivity index (χ4v) is 4.78. The summed E-state index contributed by atoms with van der Waals surface area (Å²) in [6.07, 6.45) is 6.50. The van der Waals surface area contributed by atoms with Crippen molar-refractivity contribution in [3.05, 3.63) is 59.4 Å². The molecule has 0 aliphatic carbocycles. The van der Waals surface area contributed by atoms with E-state index >= 15 is 0 Å². The molecule has 3 saturated heterocycles. The maximum atomic E-state index is 5.48. The van der Waals surface area contributed by atoms with Gasteiger partial charge in [0.25, 0.3) is 0 Å². The van der Waals surface area contributed by atoms with Crippen molar-refractivity contribution < 1.29 is 9.47 Å². The van der Waals surface area contributed by atoms with Crippen LogP contribution in [0.4, 0.5) is 0 Å². The third kappa shape index (κ3) is 4.54. The number of hydrogen-bond acceptors (Lipinski definition) is 5. The Hall–Kier alpha value is -1.95. The smallest absolute Gasteiger partial charge is 0.124 e. The fraction of sp³-hybridized carbons (Fsp3) is 0.522. The molecule has 0 spiro atoms. The summed E-state index contributed by atoms with van der Waals surface area (Å²) >= 11 is 0. The topological polar surface area (TPSA) is 37.8 Å². The number of piperidine rings is 1. The molecule has 4 heterocycles. The van der Waals surface area contributed by atoms with Gasteiger partial charge in [-0.2, -0.15) is 0 Å². The zero-order chi connectivity index (χ0) is 19.3. The lowest BCUT2D eigenvalue weighted by Crippen LogP contribution is -2.43. The van der Waals surface area contributed by atoms with Crippen molar-refractivity contribution in [2.45, 2.75) is 38.6 Å². The highest BCUT2D eigenvalue weighted by atomic mass is 16.5. The highest BCUT2D eigenvalue weighted by molar-refractivity contribution is 5.37. The molecule has 0 saturated carbocycles. The van der Waals surface area contributed by atoms with Crippen molar-refractivity contribution in [2.24, 2.45) is 5.92 Å². The second-order valence-electron chi connectivity index (χ2n) is 8.16. The van der Waals surface area contributed by atoms with Crippen molar-refractivity contribution in [2.75, 3.05) is 33.9 Å². The van der Waals surface area contributed by atoms with Crippen molar-refractivity contribution in [3.8, 4) is 5.75 Å². The van der Waals surface area contributed by atoms with Gasteiger partial charge in [-0.05, 0) is 48.1 Å². The van der Waals surface area contributed by atoms with Crippen LogP contribution in [0.15, 0.2) is 42.7 Å². The molecule has 0 amide bonds. The van der Waals surface area contributed by atoms with Crippen molar-refractivity contribution >= 4 is 0 Å². The summed E-state index contributed by atoms with van der Waals surface area (Å²) in [4.78, 5) is 9.60. The van der Waals surface area contributed by atoms with Crippen molar-refractivity contribution in [1.29, 1.82) is 0 Å². The maximum Gasteiger partial charge on any atom is 0.124 e. The molecular formula is C23H31N3O2. The van der Waals surface area contributed by atoms with E-state index in [9.17, 15) is 0 Å². The molecule has 150 valence electrons. The van der Waals surface area contributed by atoms with Crippen LogP contribution in [0.2, 0.25) is 0 Å². The number of ether oxygens (including phenoxy) is 2. The highest BCUT2D eigenvalue weighted by Crippen LogP contribution is 2.30. The number of benzene rings is 1. The van der Waals surface area contributed by atoms with Gasteiger partial charge >= 0.3 is 0 Å². The quantitative estimate of drug-likeness (QED) is 0.735. The summed E-state index contributed by atoms with van der Waals surface area (Å²) in [7, 11) is 3.45. The van der Waals surface area contributed by atoms with E-state index in [0.29, 0.717) is 12.6 Å². The normalized spacial score (nSPS) is 22.9. The highest BCUT2D eigenvalue weighted by Gasteiger charge is 2.34. The van der Waals surface area contributed by atoms with Crippen LogP contribution in [0.3, 0.4) is 0 Å². The molecular weight excluding hydrogens is 350 g/mol. The van der Waals surface area contributed by atoms with Gasteiger partial charge in [-0.25, -0.2) is 0 Å². The SMILES string of the molecule is COCc1cc(CN2C[C@H]3CC[C@@H]2CN(Cc2cccnc2)C3)ccc1OC. The van der Waals surface area contributed by atoms with Gasteiger partial charge in [-0.15, -0.1) is 0 Å². The minimum atomic E-state index is 0.585. The molecule has 1 aromatic carbocycles. The van der Waals surface area contributed by atoms with E-state index in [1.807, 2.05) is 18.5 Å². The maximum absolute atomic E-state index is 5.48. The van der Waals surface area contributed by atoms with E-state index in [0.717, 1.165) is 36.9 Å². The predicted molar refractivity (Wildman–Crippen MR) is 110 cm³/mol. The van der Waals surface area contributed by atoms with Crippen LogP contribution < -0.4 is 4.74 Å². The van der Waals surface area contributed by atoms with Crippen molar-refractivity contribution in [3.63, 3.8) is 0 Å². The van der Waals surface area contributed by atoms with Crippen molar-refractivity contribution in [1.82, 2.24) is 14.8 Å². The average molecular weight is 382 g/mol. The van der Waals surface area contributed by atoms with Crippen LogP contribution in [0.5, 0.6) is 5.75 Å². The Morgan fingerprint density at radius 3 is 2.75 bits per heavy atom. The molecule has 2 aromatic rings. The molecule has 5 rings (SSSR count). The molecule has 28 heavy (non-hydrogen) atoms. The third-order valence-electron chi connectivity index (χ3n) is 6.06. The van der Waals surface area contributed by atoms with Crippen LogP contribution in [0.1, 0.15) is 29.5 Å². The molecule has 0 radical (unpaired) electrons. The lowest BCUT2D eigenvalue weighted by Gasteiger charge is -2.36. The van der Waals surface area contributed by atoms with Gasteiger partial charge in [0.15, 0.2) is 0 Å². The number of nitrogens with zero attached hydrogens (tertiary/aromatic N) is 3. The van der Waals surface area contributed by atoms with Crippen LogP contribution in [-0.2, 0) is 24.4 Å². The van der Waals surface area contributed by atoms with Gasteiger partial charge in [0.2, 0.25) is 0 Å². The van der Waals surface area contributed by atoms with Gasteiger partial charge in [-0.3, -0.25) is 14.8 Å². The first-order chi connectivity index (χ1) is 13.7. The monoisotopic (exact) mass is 381 g/mol. The number of rotatable bonds is 7. The van der Waals surface area contributed by atoms with Crippen LogP contribution in [0, 0.1) is 5.92 Å². The molecule has 3 aliphatic rings. The third-order valence-corrected chi connectivity index (χ3v) is 6.06.